The van der Waals surface area contributed by atoms with Crippen molar-refractivity contribution in [3.63, 3.8) is 0 Å². The average Bonchev–Trinajstić information content (AvgIpc) is 3.02. The van der Waals surface area contributed by atoms with E-state index in [1.54, 1.807) is 7.05 Å². The van der Waals surface area contributed by atoms with Gasteiger partial charge < -0.3 is 19.9 Å². The smallest absolute Gasteiger partial charge is 0.253 e. The standard InChI is InChI=1S/C25H33N5O2/c1-14(2)30-13-17(5)23-20(9-19(10-22(23)30)16(4)12-29(7)26)24(31)27-11-21-15(3)8-18(6)28-25(21)32/h8-10,12-14H,11,26H2,1-7H3,(H,27,31)(H,28,32)/b16-12+. The number of allylic oxidation sites excluding steroid dienone is 1. The van der Waals surface area contributed by atoms with Crippen LogP contribution in [0.15, 0.2) is 35.4 Å². The third-order valence-electron chi connectivity index (χ3n) is 5.70. The van der Waals surface area contributed by atoms with Crippen LogP contribution in [0.4, 0.5) is 0 Å². The van der Waals surface area contributed by atoms with Gasteiger partial charge in [-0.05, 0) is 82.0 Å². The van der Waals surface area contributed by atoms with Crippen LogP contribution in [-0.4, -0.2) is 27.5 Å². The molecule has 4 N–H and O–H groups in total. The normalized spacial score (nSPS) is 12.0. The van der Waals surface area contributed by atoms with Crippen molar-refractivity contribution < 1.29 is 4.79 Å². The summed E-state index contributed by atoms with van der Waals surface area (Å²) in [5.41, 5.74) is 6.54. The predicted octanol–water partition coefficient (Wildman–Crippen LogP) is 3.93. The SMILES string of the molecule is C/C(=C\N(C)N)c1cc(C(=O)NCc2c(C)cc(C)[nH]c2=O)c2c(C)cn(C(C)C)c2c1. The Morgan fingerprint density at radius 3 is 2.50 bits per heavy atom. The zero-order valence-electron chi connectivity index (χ0n) is 20.0. The summed E-state index contributed by atoms with van der Waals surface area (Å²) in [7, 11) is 1.76. The number of rotatable bonds is 6. The molecule has 32 heavy (non-hydrogen) atoms. The van der Waals surface area contributed by atoms with E-state index >= 15 is 0 Å². The molecule has 0 aliphatic heterocycles. The molecule has 7 nitrogen and oxygen atoms in total. The predicted molar refractivity (Wildman–Crippen MR) is 130 cm³/mol. The summed E-state index contributed by atoms with van der Waals surface area (Å²) < 4.78 is 2.18. The van der Waals surface area contributed by atoms with E-state index in [9.17, 15) is 9.59 Å². The van der Waals surface area contributed by atoms with Crippen LogP contribution in [0.25, 0.3) is 16.5 Å². The maximum Gasteiger partial charge on any atom is 0.253 e. The summed E-state index contributed by atoms with van der Waals surface area (Å²) in [5, 5.41) is 5.38. The third-order valence-corrected chi connectivity index (χ3v) is 5.70. The molecule has 0 saturated heterocycles. The summed E-state index contributed by atoms with van der Waals surface area (Å²) in [6.45, 7) is 12.1. The monoisotopic (exact) mass is 435 g/mol. The number of aromatic amines is 1. The number of hydrazine groups is 1. The van der Waals surface area contributed by atoms with Gasteiger partial charge in [0.05, 0.1) is 0 Å². The summed E-state index contributed by atoms with van der Waals surface area (Å²) in [6, 6.07) is 6.15. The third kappa shape index (κ3) is 4.62. The van der Waals surface area contributed by atoms with Gasteiger partial charge in [0.1, 0.15) is 0 Å². The first-order valence-corrected chi connectivity index (χ1v) is 10.8. The topological polar surface area (TPSA) is 96.2 Å². The number of fused-ring (bicyclic) bond motifs is 1. The average molecular weight is 436 g/mol. The minimum absolute atomic E-state index is 0.163. The Hall–Kier alpha value is -3.32. The van der Waals surface area contributed by atoms with Crippen molar-refractivity contribution in [3.8, 4) is 0 Å². The number of nitrogens with two attached hydrogens (primary N) is 1. The number of H-pyrrole nitrogens is 1. The van der Waals surface area contributed by atoms with Gasteiger partial charge in [0.25, 0.3) is 11.5 Å². The number of benzene rings is 1. The fourth-order valence-corrected chi connectivity index (χ4v) is 4.17. The number of hydrogen-bond acceptors (Lipinski definition) is 4. The highest BCUT2D eigenvalue weighted by Gasteiger charge is 2.19. The minimum Gasteiger partial charge on any atom is -0.348 e. The largest absolute Gasteiger partial charge is 0.348 e. The Labute approximate surface area is 188 Å². The molecule has 0 radical (unpaired) electrons. The Morgan fingerprint density at radius 1 is 1.22 bits per heavy atom. The second kappa shape index (κ2) is 9.04. The number of aryl methyl sites for hydroxylation is 3. The molecule has 7 heteroatoms. The lowest BCUT2D eigenvalue weighted by molar-refractivity contribution is 0.0952. The fourth-order valence-electron chi connectivity index (χ4n) is 4.17. The lowest BCUT2D eigenvalue weighted by Gasteiger charge is -2.15. The number of nitrogens with one attached hydrogen (secondary N) is 2. The number of nitrogens with zero attached hydrogens (tertiary/aromatic N) is 2. The van der Waals surface area contributed by atoms with Gasteiger partial charge in [-0.15, -0.1) is 0 Å². The zero-order valence-corrected chi connectivity index (χ0v) is 20.0. The number of hydrogen-bond donors (Lipinski definition) is 3. The van der Waals surface area contributed by atoms with Gasteiger partial charge in [-0.2, -0.15) is 0 Å². The maximum atomic E-state index is 13.4. The molecule has 2 heterocycles. The van der Waals surface area contributed by atoms with Gasteiger partial charge in [-0.3, -0.25) is 9.59 Å². The van der Waals surface area contributed by atoms with Crippen LogP contribution in [0.5, 0.6) is 0 Å². The van der Waals surface area contributed by atoms with Gasteiger partial charge in [-0.25, -0.2) is 5.84 Å². The second-order valence-electron chi connectivity index (χ2n) is 8.83. The first-order chi connectivity index (χ1) is 15.0. The second-order valence-corrected chi connectivity index (χ2v) is 8.83. The van der Waals surface area contributed by atoms with Crippen LogP contribution in [-0.2, 0) is 6.54 Å². The van der Waals surface area contributed by atoms with Crippen molar-refractivity contribution in [1.29, 1.82) is 0 Å². The van der Waals surface area contributed by atoms with Crippen LogP contribution >= 0.6 is 0 Å². The quantitative estimate of drug-likeness (QED) is 0.404. The molecular weight excluding hydrogens is 402 g/mol. The minimum atomic E-state index is -0.213. The van der Waals surface area contributed by atoms with Gasteiger partial charge >= 0.3 is 0 Å². The fraction of sp³-hybridized carbons (Fsp3) is 0.360. The molecule has 0 bridgehead atoms. The number of carbonyl (C=O) groups is 1. The van der Waals surface area contributed by atoms with Crippen LogP contribution < -0.4 is 16.7 Å². The van der Waals surface area contributed by atoms with Crippen molar-refractivity contribution in [2.75, 3.05) is 7.05 Å². The molecule has 3 aromatic rings. The number of aromatic nitrogens is 2. The first-order valence-electron chi connectivity index (χ1n) is 10.8. The van der Waals surface area contributed by atoms with Crippen LogP contribution in [0.2, 0.25) is 0 Å². The first kappa shape index (κ1) is 23.3. The van der Waals surface area contributed by atoms with Crippen LogP contribution in [0.3, 0.4) is 0 Å². The van der Waals surface area contributed by atoms with Crippen LogP contribution in [0, 0.1) is 20.8 Å². The number of amides is 1. The van der Waals surface area contributed by atoms with E-state index in [0.717, 1.165) is 38.9 Å². The molecule has 0 aliphatic carbocycles. The lowest BCUT2D eigenvalue weighted by atomic mass is 9.99. The molecule has 170 valence electrons. The number of carbonyl (C=O) groups excluding carboxylic acids is 1. The van der Waals surface area contributed by atoms with E-state index in [0.29, 0.717) is 11.1 Å². The molecule has 0 unspecified atom stereocenters. The molecule has 0 fully saturated rings. The van der Waals surface area contributed by atoms with Crippen molar-refractivity contribution in [2.45, 2.75) is 54.1 Å². The molecule has 3 rings (SSSR count). The van der Waals surface area contributed by atoms with Gasteiger partial charge in [0.2, 0.25) is 0 Å². The highest BCUT2D eigenvalue weighted by molar-refractivity contribution is 6.09. The van der Waals surface area contributed by atoms with Gasteiger partial charge in [0.15, 0.2) is 0 Å². The molecular formula is C25H33N5O2. The van der Waals surface area contributed by atoms with Crippen molar-refractivity contribution in [1.82, 2.24) is 19.9 Å². The Balaban J connectivity index is 2.10. The zero-order chi connectivity index (χ0) is 23.7. The summed E-state index contributed by atoms with van der Waals surface area (Å²) >= 11 is 0. The van der Waals surface area contributed by atoms with Crippen LogP contribution in [0.1, 0.15) is 65.1 Å². The van der Waals surface area contributed by atoms with E-state index in [1.807, 2.05) is 46.0 Å². The van der Waals surface area contributed by atoms with Gasteiger partial charge in [-0.1, -0.05) is 0 Å². The summed E-state index contributed by atoms with van der Waals surface area (Å²) in [6.07, 6.45) is 3.91. The van der Waals surface area contributed by atoms with E-state index < -0.39 is 0 Å². The maximum absolute atomic E-state index is 13.4. The van der Waals surface area contributed by atoms with Crippen molar-refractivity contribution in [2.24, 2.45) is 5.84 Å². The molecule has 1 aromatic carbocycles. The van der Waals surface area contributed by atoms with E-state index in [4.69, 9.17) is 5.84 Å². The van der Waals surface area contributed by atoms with Gasteiger partial charge in [0, 0.05) is 59.8 Å². The molecule has 0 spiro atoms. The molecule has 1 amide bonds. The van der Waals surface area contributed by atoms with Crippen molar-refractivity contribution in [3.05, 3.63) is 74.5 Å². The molecule has 2 aromatic heterocycles. The number of pyridine rings is 1. The highest BCUT2D eigenvalue weighted by Crippen LogP contribution is 2.31. The molecule has 0 atom stereocenters. The van der Waals surface area contributed by atoms with Crippen molar-refractivity contribution >= 4 is 22.4 Å². The summed E-state index contributed by atoms with van der Waals surface area (Å²) in [5.74, 6) is 5.60. The Bertz CT molecular complexity index is 1260. The van der Waals surface area contributed by atoms with E-state index in [2.05, 4.69) is 41.0 Å². The molecule has 0 saturated carbocycles. The Kier molecular flexibility index (Phi) is 6.60. The van der Waals surface area contributed by atoms with E-state index in [-0.39, 0.29) is 24.1 Å². The molecule has 0 aliphatic rings. The highest BCUT2D eigenvalue weighted by atomic mass is 16.1. The lowest BCUT2D eigenvalue weighted by Crippen LogP contribution is -2.28. The van der Waals surface area contributed by atoms with E-state index in [1.165, 1.54) is 5.01 Å². The summed E-state index contributed by atoms with van der Waals surface area (Å²) in [4.78, 5) is 28.5. The Morgan fingerprint density at radius 2 is 1.91 bits per heavy atom.